The van der Waals surface area contributed by atoms with E-state index in [1.54, 1.807) is 24.9 Å². The molecule has 0 aromatic carbocycles. The van der Waals surface area contributed by atoms with Crippen LogP contribution in [0, 0.1) is 0 Å². The Bertz CT molecular complexity index is 753. The van der Waals surface area contributed by atoms with Crippen molar-refractivity contribution in [3.8, 4) is 0 Å². The fourth-order valence-electron chi connectivity index (χ4n) is 3.71. The SMILES string of the molecule is C=C1NC(=O)C(C)=CN1[C@@H]1O[C@H](COP(=O)([O-])OCCC)C2OC(CC)(CC)O[C@@H]21. The van der Waals surface area contributed by atoms with Crippen molar-refractivity contribution in [1.82, 2.24) is 10.2 Å². The molecular formula is C19H30N2O8P-. The minimum Gasteiger partial charge on any atom is -0.756 e. The molecule has 0 bridgehead atoms. The maximum Gasteiger partial charge on any atom is 0.267 e. The number of hydrogen-bond donors (Lipinski definition) is 1. The van der Waals surface area contributed by atoms with Gasteiger partial charge in [0.1, 0.15) is 24.1 Å². The van der Waals surface area contributed by atoms with Gasteiger partial charge in [-0.15, -0.1) is 0 Å². The number of nitrogens with zero attached hydrogens (tertiary/aromatic N) is 1. The zero-order valence-electron chi connectivity index (χ0n) is 17.8. The van der Waals surface area contributed by atoms with Gasteiger partial charge in [0.25, 0.3) is 13.7 Å². The lowest BCUT2D eigenvalue weighted by Gasteiger charge is -2.36. The number of carbonyl (C=O) groups is 1. The number of rotatable bonds is 9. The predicted molar refractivity (Wildman–Crippen MR) is 104 cm³/mol. The Morgan fingerprint density at radius 3 is 2.57 bits per heavy atom. The first-order valence-electron chi connectivity index (χ1n) is 10.2. The first kappa shape index (κ1) is 23.4. The topological polar surface area (TPSA) is 119 Å². The van der Waals surface area contributed by atoms with Crippen molar-refractivity contribution in [3.63, 3.8) is 0 Å². The van der Waals surface area contributed by atoms with Crippen LogP contribution in [-0.2, 0) is 32.6 Å². The Kier molecular flexibility index (Phi) is 7.08. The van der Waals surface area contributed by atoms with Crippen LogP contribution >= 0.6 is 7.82 Å². The molecule has 3 aliphatic rings. The van der Waals surface area contributed by atoms with Crippen LogP contribution in [0.15, 0.2) is 24.2 Å². The van der Waals surface area contributed by atoms with Crippen LogP contribution in [0.4, 0.5) is 0 Å². The van der Waals surface area contributed by atoms with Gasteiger partial charge in [-0.2, -0.15) is 0 Å². The number of phosphoric ester groups is 1. The van der Waals surface area contributed by atoms with E-state index < -0.39 is 38.1 Å². The molecule has 2 saturated heterocycles. The van der Waals surface area contributed by atoms with Gasteiger partial charge in [-0.05, 0) is 26.2 Å². The summed E-state index contributed by atoms with van der Waals surface area (Å²) in [4.78, 5) is 25.5. The van der Waals surface area contributed by atoms with Crippen LogP contribution in [-0.4, -0.2) is 54.3 Å². The molecule has 0 spiro atoms. The van der Waals surface area contributed by atoms with Crippen molar-refractivity contribution in [2.45, 2.75) is 77.3 Å². The van der Waals surface area contributed by atoms with Crippen LogP contribution in [0.5, 0.6) is 0 Å². The van der Waals surface area contributed by atoms with E-state index in [4.69, 9.17) is 23.3 Å². The average Bonchev–Trinajstić information content (AvgIpc) is 3.24. The predicted octanol–water partition coefficient (Wildman–Crippen LogP) is 1.73. The second kappa shape index (κ2) is 9.08. The van der Waals surface area contributed by atoms with Crippen LogP contribution < -0.4 is 10.2 Å². The Morgan fingerprint density at radius 2 is 1.93 bits per heavy atom. The molecule has 0 aromatic rings. The van der Waals surface area contributed by atoms with Crippen LogP contribution in [0.25, 0.3) is 0 Å². The normalized spacial score (nSPS) is 32.6. The summed E-state index contributed by atoms with van der Waals surface area (Å²) in [5.41, 5.74) is 0.482. The first-order chi connectivity index (χ1) is 14.1. The van der Waals surface area contributed by atoms with Crippen LogP contribution in [0.2, 0.25) is 0 Å². The highest BCUT2D eigenvalue weighted by Gasteiger charge is 2.59. The monoisotopic (exact) mass is 445 g/mol. The Balaban J connectivity index is 1.81. The van der Waals surface area contributed by atoms with Crippen molar-refractivity contribution in [3.05, 3.63) is 24.2 Å². The minimum atomic E-state index is -4.45. The third-order valence-electron chi connectivity index (χ3n) is 5.45. The highest BCUT2D eigenvalue weighted by molar-refractivity contribution is 7.45. The molecule has 0 saturated carbocycles. The zero-order chi connectivity index (χ0) is 22.1. The van der Waals surface area contributed by atoms with Gasteiger partial charge in [-0.1, -0.05) is 27.4 Å². The molecule has 3 aliphatic heterocycles. The maximum atomic E-state index is 12.0. The van der Waals surface area contributed by atoms with E-state index in [1.807, 2.05) is 13.8 Å². The van der Waals surface area contributed by atoms with Gasteiger partial charge in [-0.25, -0.2) is 0 Å². The third kappa shape index (κ3) is 4.65. The molecule has 11 heteroatoms. The van der Waals surface area contributed by atoms with Crippen molar-refractivity contribution >= 4 is 13.7 Å². The van der Waals surface area contributed by atoms with E-state index in [-0.39, 0.29) is 19.1 Å². The lowest BCUT2D eigenvalue weighted by molar-refractivity contribution is -0.237. The van der Waals surface area contributed by atoms with Crippen molar-refractivity contribution < 1.29 is 37.5 Å². The number of amides is 1. The molecule has 0 radical (unpaired) electrons. The van der Waals surface area contributed by atoms with Gasteiger partial charge in [0.15, 0.2) is 12.0 Å². The third-order valence-corrected chi connectivity index (χ3v) is 6.41. The molecule has 10 nitrogen and oxygen atoms in total. The summed E-state index contributed by atoms with van der Waals surface area (Å²) >= 11 is 0. The standard InChI is InChI=1S/C19H31N2O8P/c1-6-9-25-30(23,24)26-11-14-15-16(29-19(7-2,8-3)28-15)18(27-14)21-10-12(4)17(22)20-13(21)5/h10,14-16,18H,5-9,11H2,1-4H3,(H,20,22)(H,23,24)/p-1/t14-,15?,16+,18-/m1/s1. The summed E-state index contributed by atoms with van der Waals surface area (Å²) in [6.45, 7) is 11.1. The summed E-state index contributed by atoms with van der Waals surface area (Å²) in [7, 11) is -4.45. The molecular weight excluding hydrogens is 415 g/mol. The van der Waals surface area contributed by atoms with Gasteiger partial charge in [0, 0.05) is 11.8 Å². The molecule has 2 fully saturated rings. The van der Waals surface area contributed by atoms with Crippen LogP contribution in [0.1, 0.15) is 47.0 Å². The number of hydrogen-bond acceptors (Lipinski definition) is 9. The molecule has 1 N–H and O–H groups in total. The van der Waals surface area contributed by atoms with Gasteiger partial charge in [0.05, 0.1) is 13.2 Å². The number of fused-ring (bicyclic) bond motifs is 1. The number of nitrogens with one attached hydrogen (secondary N) is 1. The fourth-order valence-corrected chi connectivity index (χ4v) is 4.52. The molecule has 5 atom stereocenters. The van der Waals surface area contributed by atoms with E-state index in [0.29, 0.717) is 30.7 Å². The summed E-state index contributed by atoms with van der Waals surface area (Å²) in [5.74, 6) is -0.703. The summed E-state index contributed by atoms with van der Waals surface area (Å²) < 4.78 is 40.4. The van der Waals surface area contributed by atoms with E-state index in [2.05, 4.69) is 11.9 Å². The molecule has 3 rings (SSSR count). The molecule has 2 unspecified atom stereocenters. The highest BCUT2D eigenvalue weighted by atomic mass is 31.2. The highest BCUT2D eigenvalue weighted by Crippen LogP contribution is 2.46. The van der Waals surface area contributed by atoms with Crippen LogP contribution in [0.3, 0.4) is 0 Å². The first-order valence-corrected chi connectivity index (χ1v) is 11.7. The van der Waals surface area contributed by atoms with E-state index in [1.165, 1.54) is 0 Å². The summed E-state index contributed by atoms with van der Waals surface area (Å²) in [6, 6.07) is 0. The molecule has 1 amide bonds. The number of phosphoric acid groups is 1. The van der Waals surface area contributed by atoms with E-state index >= 15 is 0 Å². The quantitative estimate of drug-likeness (QED) is 0.529. The molecule has 30 heavy (non-hydrogen) atoms. The second-order valence-corrected chi connectivity index (χ2v) is 8.96. The fraction of sp³-hybridized carbons (Fsp3) is 0.737. The van der Waals surface area contributed by atoms with Crippen molar-refractivity contribution in [2.75, 3.05) is 13.2 Å². The largest absolute Gasteiger partial charge is 0.756 e. The smallest absolute Gasteiger partial charge is 0.267 e. The lowest BCUT2D eigenvalue weighted by Crippen LogP contribution is -2.47. The summed E-state index contributed by atoms with van der Waals surface area (Å²) in [6.07, 6.45) is 0.934. The Labute approximate surface area is 176 Å². The summed E-state index contributed by atoms with van der Waals surface area (Å²) in [5, 5.41) is 2.68. The Morgan fingerprint density at radius 1 is 1.27 bits per heavy atom. The number of carbonyl (C=O) groups excluding carboxylic acids is 1. The molecule has 0 aromatic heterocycles. The molecule has 0 aliphatic carbocycles. The minimum absolute atomic E-state index is 0.0484. The molecule has 3 heterocycles. The van der Waals surface area contributed by atoms with Crippen molar-refractivity contribution in [2.24, 2.45) is 0 Å². The van der Waals surface area contributed by atoms with Gasteiger partial charge < -0.3 is 38.4 Å². The lowest BCUT2D eigenvalue weighted by atomic mass is 10.1. The van der Waals surface area contributed by atoms with Gasteiger partial charge in [0.2, 0.25) is 0 Å². The second-order valence-electron chi connectivity index (χ2n) is 7.54. The van der Waals surface area contributed by atoms with E-state index in [0.717, 1.165) is 0 Å². The number of ether oxygens (including phenoxy) is 3. The maximum absolute atomic E-state index is 12.0. The van der Waals surface area contributed by atoms with E-state index in [9.17, 15) is 14.3 Å². The van der Waals surface area contributed by atoms with Crippen molar-refractivity contribution in [1.29, 1.82) is 0 Å². The zero-order valence-corrected chi connectivity index (χ0v) is 18.7. The average molecular weight is 445 g/mol. The van der Waals surface area contributed by atoms with Gasteiger partial charge in [-0.3, -0.25) is 9.36 Å². The Hall–Kier alpha value is -1.26. The molecule has 170 valence electrons. The van der Waals surface area contributed by atoms with Gasteiger partial charge >= 0.3 is 0 Å².